The van der Waals surface area contributed by atoms with E-state index in [9.17, 15) is 4.79 Å². The maximum Gasteiger partial charge on any atom is 0.254 e. The third kappa shape index (κ3) is 1.39. The Hall–Kier alpha value is -0.610. The second-order valence-electron chi connectivity index (χ2n) is 5.36. The molecular formula is C12H20N2O2. The van der Waals surface area contributed by atoms with E-state index in [2.05, 4.69) is 10.2 Å². The number of rotatable bonds is 3. The lowest BCUT2D eigenvalue weighted by molar-refractivity contribution is -0.195. The Balaban J connectivity index is 1.76. The molecule has 0 aromatic rings. The van der Waals surface area contributed by atoms with Gasteiger partial charge < -0.3 is 15.0 Å². The number of likely N-dealkylation sites (tertiary alicyclic amines) is 1. The number of nitrogens with one attached hydrogen (secondary N) is 1. The van der Waals surface area contributed by atoms with Crippen molar-refractivity contribution in [3.8, 4) is 0 Å². The fourth-order valence-corrected chi connectivity index (χ4v) is 3.21. The molecule has 1 N–H and O–H groups in total. The van der Waals surface area contributed by atoms with Gasteiger partial charge in [0.2, 0.25) is 0 Å². The molecule has 4 heteroatoms. The number of hydrogen-bond donors (Lipinski definition) is 1. The van der Waals surface area contributed by atoms with Gasteiger partial charge in [-0.25, -0.2) is 0 Å². The summed E-state index contributed by atoms with van der Waals surface area (Å²) in [6.45, 7) is 2.99. The predicted octanol–water partition coefficient (Wildman–Crippen LogP) is 0.376. The summed E-state index contributed by atoms with van der Waals surface area (Å²) in [5.41, 5.74) is 0.0275. The van der Waals surface area contributed by atoms with Crippen LogP contribution in [-0.2, 0) is 9.53 Å². The van der Waals surface area contributed by atoms with Crippen LogP contribution in [-0.4, -0.2) is 49.2 Å². The maximum absolute atomic E-state index is 12.0. The minimum absolute atomic E-state index is 0.0275. The molecule has 3 rings (SSSR count). The van der Waals surface area contributed by atoms with Gasteiger partial charge in [0.05, 0.1) is 5.54 Å². The van der Waals surface area contributed by atoms with E-state index in [0.717, 1.165) is 38.4 Å². The van der Waals surface area contributed by atoms with Crippen LogP contribution in [0.25, 0.3) is 0 Å². The molecule has 16 heavy (non-hydrogen) atoms. The minimum Gasteiger partial charge on any atom is -0.369 e. The van der Waals surface area contributed by atoms with Gasteiger partial charge in [-0.05, 0) is 44.7 Å². The first kappa shape index (κ1) is 10.5. The van der Waals surface area contributed by atoms with Gasteiger partial charge in [0, 0.05) is 13.7 Å². The average molecular weight is 224 g/mol. The van der Waals surface area contributed by atoms with Gasteiger partial charge in [-0.15, -0.1) is 0 Å². The van der Waals surface area contributed by atoms with Crippen molar-refractivity contribution >= 4 is 5.91 Å². The van der Waals surface area contributed by atoms with Crippen molar-refractivity contribution in [1.82, 2.24) is 10.2 Å². The first-order chi connectivity index (χ1) is 7.78. The molecule has 1 saturated carbocycles. The Morgan fingerprint density at radius 1 is 1.44 bits per heavy atom. The van der Waals surface area contributed by atoms with Crippen LogP contribution in [0.15, 0.2) is 0 Å². The minimum atomic E-state index is -0.173. The lowest BCUT2D eigenvalue weighted by Gasteiger charge is -2.58. The van der Waals surface area contributed by atoms with E-state index in [-0.39, 0.29) is 17.6 Å². The zero-order valence-corrected chi connectivity index (χ0v) is 9.87. The smallest absolute Gasteiger partial charge is 0.254 e. The topological polar surface area (TPSA) is 41.6 Å². The van der Waals surface area contributed by atoms with Crippen molar-refractivity contribution in [2.75, 3.05) is 26.7 Å². The third-order valence-electron chi connectivity index (χ3n) is 4.36. The molecule has 3 aliphatic rings. The Labute approximate surface area is 96.3 Å². The van der Waals surface area contributed by atoms with Crippen molar-refractivity contribution < 1.29 is 9.53 Å². The van der Waals surface area contributed by atoms with E-state index >= 15 is 0 Å². The Kier molecular flexibility index (Phi) is 2.44. The highest BCUT2D eigenvalue weighted by Crippen LogP contribution is 2.44. The summed E-state index contributed by atoms with van der Waals surface area (Å²) in [4.78, 5) is 14.1. The van der Waals surface area contributed by atoms with Crippen molar-refractivity contribution in [2.45, 2.75) is 37.3 Å². The van der Waals surface area contributed by atoms with Crippen LogP contribution in [0.2, 0.25) is 0 Å². The number of carbonyl (C=O) groups is 1. The third-order valence-corrected chi connectivity index (χ3v) is 4.36. The zero-order valence-electron chi connectivity index (χ0n) is 9.87. The molecule has 2 aliphatic heterocycles. The number of ether oxygens (including phenoxy) is 1. The first-order valence-corrected chi connectivity index (χ1v) is 6.33. The molecule has 2 heterocycles. The van der Waals surface area contributed by atoms with Crippen LogP contribution in [0.5, 0.6) is 0 Å². The van der Waals surface area contributed by atoms with Gasteiger partial charge in [-0.3, -0.25) is 4.79 Å². The van der Waals surface area contributed by atoms with E-state index in [1.165, 1.54) is 12.8 Å². The molecule has 0 aromatic heterocycles. The van der Waals surface area contributed by atoms with Crippen LogP contribution in [0.4, 0.5) is 0 Å². The van der Waals surface area contributed by atoms with Crippen LogP contribution >= 0.6 is 0 Å². The van der Waals surface area contributed by atoms with Crippen molar-refractivity contribution in [2.24, 2.45) is 5.92 Å². The van der Waals surface area contributed by atoms with Crippen LogP contribution in [0.3, 0.4) is 0 Å². The summed E-state index contributed by atoms with van der Waals surface area (Å²) in [5, 5.41) is 3.36. The fourth-order valence-electron chi connectivity index (χ4n) is 3.21. The van der Waals surface area contributed by atoms with E-state index < -0.39 is 0 Å². The second-order valence-corrected chi connectivity index (χ2v) is 5.36. The number of nitrogens with zero attached hydrogens (tertiary/aromatic N) is 1. The second kappa shape index (κ2) is 3.70. The number of carbonyl (C=O) groups excluding carboxylic acids is 1. The lowest BCUT2D eigenvalue weighted by atomic mass is 9.73. The summed E-state index contributed by atoms with van der Waals surface area (Å²) in [5.74, 6) is 0.991. The standard InChI is InChI=1S/C12H20N2O2/c1-16-10-11(15)14(8-9-2-3-9)12(10)4-6-13-7-5-12/h9-10,13H,2-8H2,1H3/t10-/m1/s1. The molecule has 0 aromatic carbocycles. The largest absolute Gasteiger partial charge is 0.369 e. The normalized spacial score (nSPS) is 32.9. The molecule has 0 bridgehead atoms. The van der Waals surface area contributed by atoms with E-state index in [1.54, 1.807) is 7.11 Å². The van der Waals surface area contributed by atoms with E-state index in [4.69, 9.17) is 4.74 Å². The Morgan fingerprint density at radius 2 is 2.12 bits per heavy atom. The quantitative estimate of drug-likeness (QED) is 0.705. The molecule has 0 unspecified atom stereocenters. The van der Waals surface area contributed by atoms with Gasteiger partial charge >= 0.3 is 0 Å². The SMILES string of the molecule is CO[C@@H]1C(=O)N(CC2CC2)C12CCNCC2. The molecule has 4 nitrogen and oxygen atoms in total. The summed E-state index contributed by atoms with van der Waals surface area (Å²) in [6, 6.07) is 0. The van der Waals surface area contributed by atoms with Crippen LogP contribution in [0.1, 0.15) is 25.7 Å². The summed E-state index contributed by atoms with van der Waals surface area (Å²) < 4.78 is 5.40. The molecule has 1 atom stereocenters. The van der Waals surface area contributed by atoms with Crippen molar-refractivity contribution in [3.05, 3.63) is 0 Å². The highest BCUT2D eigenvalue weighted by Gasteiger charge is 2.60. The zero-order chi connectivity index (χ0) is 11.2. The highest BCUT2D eigenvalue weighted by atomic mass is 16.5. The first-order valence-electron chi connectivity index (χ1n) is 6.33. The van der Waals surface area contributed by atoms with E-state index in [0.29, 0.717) is 0 Å². The summed E-state index contributed by atoms with van der Waals surface area (Å²) in [6.07, 6.45) is 4.52. The molecule has 3 fully saturated rings. The molecular weight excluding hydrogens is 204 g/mol. The molecule has 2 saturated heterocycles. The monoisotopic (exact) mass is 224 g/mol. The number of β-lactam (4-membered cyclic amide) rings is 1. The van der Waals surface area contributed by atoms with Gasteiger partial charge in [0.25, 0.3) is 5.91 Å². The molecule has 1 aliphatic carbocycles. The number of piperidine rings is 1. The van der Waals surface area contributed by atoms with Gasteiger partial charge in [0.1, 0.15) is 0 Å². The lowest BCUT2D eigenvalue weighted by Crippen LogP contribution is -2.77. The maximum atomic E-state index is 12.0. The predicted molar refractivity (Wildman–Crippen MR) is 60.1 cm³/mol. The number of amides is 1. The number of hydrogen-bond acceptors (Lipinski definition) is 3. The average Bonchev–Trinajstić information content (AvgIpc) is 3.12. The highest BCUT2D eigenvalue weighted by molar-refractivity contribution is 5.90. The molecule has 0 radical (unpaired) electrons. The Morgan fingerprint density at radius 3 is 2.69 bits per heavy atom. The molecule has 1 spiro atoms. The molecule has 1 amide bonds. The summed E-state index contributed by atoms with van der Waals surface area (Å²) >= 11 is 0. The van der Waals surface area contributed by atoms with Crippen LogP contribution in [0, 0.1) is 5.92 Å². The van der Waals surface area contributed by atoms with E-state index in [1.807, 2.05) is 0 Å². The number of methoxy groups -OCH3 is 1. The fraction of sp³-hybridized carbons (Fsp3) is 0.917. The van der Waals surface area contributed by atoms with Crippen LogP contribution < -0.4 is 5.32 Å². The molecule has 90 valence electrons. The Bertz CT molecular complexity index is 295. The van der Waals surface area contributed by atoms with Gasteiger partial charge in [0.15, 0.2) is 6.10 Å². The van der Waals surface area contributed by atoms with Gasteiger partial charge in [-0.1, -0.05) is 0 Å². The van der Waals surface area contributed by atoms with Crippen molar-refractivity contribution in [1.29, 1.82) is 0 Å². The van der Waals surface area contributed by atoms with Crippen molar-refractivity contribution in [3.63, 3.8) is 0 Å². The van der Waals surface area contributed by atoms with Gasteiger partial charge in [-0.2, -0.15) is 0 Å². The summed E-state index contributed by atoms with van der Waals surface area (Å²) in [7, 11) is 1.67.